The molecule has 2 N–H and O–H groups in total. The average Bonchev–Trinajstić information content (AvgIpc) is 2.77. The number of likely N-dealkylation sites (tertiary alicyclic amines) is 1. The van der Waals surface area contributed by atoms with Crippen LogP contribution in [-0.4, -0.2) is 48.2 Å². The molecule has 1 aliphatic heterocycles. The van der Waals surface area contributed by atoms with Crippen molar-refractivity contribution < 1.29 is 9.90 Å². The van der Waals surface area contributed by atoms with Gasteiger partial charge in [0.2, 0.25) is 5.91 Å². The molecule has 1 amide bonds. The van der Waals surface area contributed by atoms with Gasteiger partial charge >= 0.3 is 0 Å². The molecule has 2 fully saturated rings. The number of nitrogens with one attached hydrogen (secondary N) is 1. The van der Waals surface area contributed by atoms with Crippen LogP contribution in [0.15, 0.2) is 0 Å². The number of aliphatic hydroxyl groups is 1. The number of amides is 1. The monoisotopic (exact) mass is 226 g/mol. The Bertz CT molecular complexity index is 257. The van der Waals surface area contributed by atoms with E-state index in [1.807, 2.05) is 11.9 Å². The molecule has 2 aliphatic rings. The van der Waals surface area contributed by atoms with Gasteiger partial charge in [-0.05, 0) is 32.7 Å². The van der Waals surface area contributed by atoms with Gasteiger partial charge in [-0.2, -0.15) is 0 Å². The first-order valence-corrected chi connectivity index (χ1v) is 6.36. The molecule has 0 aromatic heterocycles. The first-order valence-electron chi connectivity index (χ1n) is 6.36. The zero-order chi connectivity index (χ0) is 11.5. The number of carbonyl (C=O) groups is 1. The van der Waals surface area contributed by atoms with Gasteiger partial charge in [-0.3, -0.25) is 4.79 Å². The maximum absolute atomic E-state index is 12.2. The van der Waals surface area contributed by atoms with Crippen LogP contribution in [0.2, 0.25) is 0 Å². The fraction of sp³-hybridized carbons (Fsp3) is 0.917. The van der Waals surface area contributed by atoms with Crippen LogP contribution < -0.4 is 5.32 Å². The lowest BCUT2D eigenvalue weighted by atomic mass is 9.97. The van der Waals surface area contributed by atoms with E-state index in [9.17, 15) is 9.90 Å². The molecule has 1 saturated heterocycles. The summed E-state index contributed by atoms with van der Waals surface area (Å²) in [6, 6.07) is 0.280. The molecule has 1 saturated carbocycles. The third-order valence-corrected chi connectivity index (χ3v) is 4.08. The van der Waals surface area contributed by atoms with Crippen molar-refractivity contribution in [3.05, 3.63) is 0 Å². The predicted octanol–water partition coefficient (Wildman–Crippen LogP) is 0.358. The smallest absolute Gasteiger partial charge is 0.239 e. The van der Waals surface area contributed by atoms with Crippen LogP contribution in [-0.2, 0) is 4.79 Å². The molecular formula is C12H22N2O2. The summed E-state index contributed by atoms with van der Waals surface area (Å²) in [7, 11) is 1.85. The predicted molar refractivity (Wildman–Crippen MR) is 62.0 cm³/mol. The van der Waals surface area contributed by atoms with E-state index in [1.165, 1.54) is 0 Å². The number of hydrogen-bond acceptors (Lipinski definition) is 3. The van der Waals surface area contributed by atoms with Gasteiger partial charge < -0.3 is 15.3 Å². The molecule has 0 aromatic carbocycles. The minimum Gasteiger partial charge on any atom is -0.396 e. The minimum absolute atomic E-state index is 0.00584. The number of nitrogens with zero attached hydrogens (tertiary/aromatic N) is 1. The average molecular weight is 226 g/mol. The Kier molecular flexibility index (Phi) is 3.82. The lowest BCUT2D eigenvalue weighted by molar-refractivity contribution is -0.139. The quantitative estimate of drug-likeness (QED) is 0.730. The molecule has 0 aromatic rings. The van der Waals surface area contributed by atoms with E-state index in [0.29, 0.717) is 5.92 Å². The molecule has 0 spiro atoms. The standard InChI is InChI=1S/C12H22N2O2/c1-13-10-5-3-7-14(12(10)16)11-6-2-4-9(11)8-15/h9-11,13,15H,2-8H2,1H3. The summed E-state index contributed by atoms with van der Waals surface area (Å²) in [6.45, 7) is 1.09. The highest BCUT2D eigenvalue weighted by Gasteiger charge is 2.38. The summed E-state index contributed by atoms with van der Waals surface area (Å²) >= 11 is 0. The van der Waals surface area contributed by atoms with Crippen LogP contribution in [0.4, 0.5) is 0 Å². The molecule has 2 rings (SSSR count). The third kappa shape index (κ3) is 2.09. The van der Waals surface area contributed by atoms with Gasteiger partial charge in [0, 0.05) is 25.1 Å². The fourth-order valence-electron chi connectivity index (χ4n) is 3.14. The Morgan fingerprint density at radius 2 is 2.19 bits per heavy atom. The Labute approximate surface area is 97.0 Å². The molecule has 1 aliphatic carbocycles. The minimum atomic E-state index is -0.00584. The highest BCUT2D eigenvalue weighted by Crippen LogP contribution is 2.31. The Hall–Kier alpha value is -0.610. The molecule has 16 heavy (non-hydrogen) atoms. The van der Waals surface area contributed by atoms with E-state index in [1.54, 1.807) is 0 Å². The lowest BCUT2D eigenvalue weighted by Gasteiger charge is -2.38. The first kappa shape index (κ1) is 11.9. The Balaban J connectivity index is 2.04. The number of likely N-dealkylation sites (N-methyl/N-ethyl adjacent to an activating group) is 1. The zero-order valence-electron chi connectivity index (χ0n) is 9.98. The van der Waals surface area contributed by atoms with Crippen molar-refractivity contribution >= 4 is 5.91 Å². The van der Waals surface area contributed by atoms with Gasteiger partial charge in [-0.25, -0.2) is 0 Å². The third-order valence-electron chi connectivity index (χ3n) is 4.08. The summed E-state index contributed by atoms with van der Waals surface area (Å²) in [5.41, 5.74) is 0. The van der Waals surface area contributed by atoms with E-state index in [-0.39, 0.29) is 24.6 Å². The zero-order valence-corrected chi connectivity index (χ0v) is 9.98. The van der Waals surface area contributed by atoms with Gasteiger partial charge in [0.15, 0.2) is 0 Å². The van der Waals surface area contributed by atoms with E-state index in [0.717, 1.165) is 38.6 Å². The maximum atomic E-state index is 12.2. The normalized spacial score (nSPS) is 35.8. The summed E-state index contributed by atoms with van der Waals surface area (Å²) < 4.78 is 0. The molecule has 3 unspecified atom stereocenters. The molecular weight excluding hydrogens is 204 g/mol. The van der Waals surface area contributed by atoms with E-state index in [4.69, 9.17) is 0 Å². The van der Waals surface area contributed by atoms with Crippen LogP contribution >= 0.6 is 0 Å². The Morgan fingerprint density at radius 3 is 2.88 bits per heavy atom. The number of hydrogen-bond donors (Lipinski definition) is 2. The second-order valence-electron chi connectivity index (χ2n) is 4.96. The van der Waals surface area contributed by atoms with E-state index in [2.05, 4.69) is 5.32 Å². The van der Waals surface area contributed by atoms with Gasteiger partial charge in [0.05, 0.1) is 6.04 Å². The van der Waals surface area contributed by atoms with Crippen LogP contribution in [0.25, 0.3) is 0 Å². The summed E-state index contributed by atoms with van der Waals surface area (Å²) in [5, 5.41) is 12.4. The molecule has 92 valence electrons. The van der Waals surface area contributed by atoms with Gasteiger partial charge in [-0.15, -0.1) is 0 Å². The van der Waals surface area contributed by atoms with Crippen molar-refractivity contribution in [2.24, 2.45) is 5.92 Å². The van der Waals surface area contributed by atoms with Gasteiger partial charge in [0.25, 0.3) is 0 Å². The molecule has 4 heteroatoms. The summed E-state index contributed by atoms with van der Waals surface area (Å²) in [5.74, 6) is 0.540. The second-order valence-corrected chi connectivity index (χ2v) is 4.96. The molecule has 4 nitrogen and oxygen atoms in total. The maximum Gasteiger partial charge on any atom is 0.239 e. The van der Waals surface area contributed by atoms with E-state index < -0.39 is 0 Å². The van der Waals surface area contributed by atoms with Crippen molar-refractivity contribution in [3.63, 3.8) is 0 Å². The molecule has 1 heterocycles. The second kappa shape index (κ2) is 5.15. The van der Waals surface area contributed by atoms with Crippen molar-refractivity contribution in [3.8, 4) is 0 Å². The number of aliphatic hydroxyl groups excluding tert-OH is 1. The topological polar surface area (TPSA) is 52.6 Å². The van der Waals surface area contributed by atoms with Gasteiger partial charge in [-0.1, -0.05) is 6.42 Å². The lowest BCUT2D eigenvalue weighted by Crippen LogP contribution is -2.54. The number of rotatable bonds is 3. The van der Waals surface area contributed by atoms with Gasteiger partial charge in [0.1, 0.15) is 0 Å². The Morgan fingerprint density at radius 1 is 1.38 bits per heavy atom. The summed E-state index contributed by atoms with van der Waals surface area (Å²) in [4.78, 5) is 14.2. The van der Waals surface area contributed by atoms with Crippen molar-refractivity contribution in [1.82, 2.24) is 10.2 Å². The highest BCUT2D eigenvalue weighted by molar-refractivity contribution is 5.83. The highest BCUT2D eigenvalue weighted by atomic mass is 16.3. The van der Waals surface area contributed by atoms with Crippen molar-refractivity contribution in [2.75, 3.05) is 20.2 Å². The van der Waals surface area contributed by atoms with Crippen molar-refractivity contribution in [2.45, 2.75) is 44.2 Å². The van der Waals surface area contributed by atoms with E-state index >= 15 is 0 Å². The SMILES string of the molecule is CNC1CCCN(C2CCCC2CO)C1=O. The number of piperidine rings is 1. The molecule has 3 atom stereocenters. The fourth-order valence-corrected chi connectivity index (χ4v) is 3.14. The summed E-state index contributed by atoms with van der Waals surface area (Å²) in [6.07, 6.45) is 5.29. The van der Waals surface area contributed by atoms with Crippen LogP contribution in [0.1, 0.15) is 32.1 Å². The first-order chi connectivity index (χ1) is 7.77. The molecule has 0 radical (unpaired) electrons. The van der Waals surface area contributed by atoms with Crippen LogP contribution in [0.3, 0.4) is 0 Å². The van der Waals surface area contributed by atoms with Crippen LogP contribution in [0, 0.1) is 5.92 Å². The van der Waals surface area contributed by atoms with Crippen molar-refractivity contribution in [1.29, 1.82) is 0 Å². The largest absolute Gasteiger partial charge is 0.396 e. The van der Waals surface area contributed by atoms with Crippen LogP contribution in [0.5, 0.6) is 0 Å². The molecule has 0 bridgehead atoms. The number of carbonyl (C=O) groups excluding carboxylic acids is 1.